The average Bonchev–Trinajstić information content (AvgIpc) is 2.19. The molecule has 4 nitrogen and oxygen atoms in total. The first kappa shape index (κ1) is 15.4. The number of rotatable bonds is 2. The lowest BCUT2D eigenvalue weighted by Gasteiger charge is -2.23. The van der Waals surface area contributed by atoms with Gasteiger partial charge in [-0.15, -0.1) is 0 Å². The molecule has 0 amide bonds. The zero-order valence-corrected chi connectivity index (χ0v) is 13.8. The van der Waals surface area contributed by atoms with Crippen molar-refractivity contribution in [2.24, 2.45) is 0 Å². The predicted octanol–water partition coefficient (Wildman–Crippen LogP) is 3.28. The lowest BCUT2D eigenvalue weighted by Crippen LogP contribution is -2.33. The normalized spacial score (nSPS) is 13.2. The van der Waals surface area contributed by atoms with E-state index in [0.717, 1.165) is 0 Å². The molecule has 0 bridgehead atoms. The third-order valence-electron chi connectivity index (χ3n) is 2.13. The summed E-state index contributed by atoms with van der Waals surface area (Å²) in [5, 5.41) is 0. The fraction of sp³-hybridized carbons (Fsp3) is 0.500. The number of hydrogen-bond donors (Lipinski definition) is 0. The molecule has 0 radical (unpaired) electrons. The van der Waals surface area contributed by atoms with E-state index in [4.69, 9.17) is 4.74 Å². The largest absolute Gasteiger partial charge is 0.458 e. The van der Waals surface area contributed by atoms with Gasteiger partial charge in [-0.1, -0.05) is 0 Å². The molecule has 1 rings (SSSR count). The summed E-state index contributed by atoms with van der Waals surface area (Å²) in [5.41, 5.74) is -0.838. The molecule has 1 unspecified atom stereocenters. The van der Waals surface area contributed by atoms with E-state index in [9.17, 15) is 9.59 Å². The molecule has 0 spiro atoms. The van der Waals surface area contributed by atoms with E-state index in [1.165, 1.54) is 4.57 Å². The van der Waals surface area contributed by atoms with Gasteiger partial charge in [-0.2, -0.15) is 0 Å². The van der Waals surface area contributed by atoms with Gasteiger partial charge in [-0.05, 0) is 65.6 Å². The van der Waals surface area contributed by atoms with Crippen LogP contribution in [0.3, 0.4) is 0 Å². The van der Waals surface area contributed by atoms with Crippen LogP contribution in [0.15, 0.2) is 26.0 Å². The second kappa shape index (κ2) is 5.57. The maximum absolute atomic E-state index is 11.9. The van der Waals surface area contributed by atoms with Gasteiger partial charge in [0.25, 0.3) is 5.56 Å². The maximum atomic E-state index is 11.9. The van der Waals surface area contributed by atoms with Crippen molar-refractivity contribution in [3.63, 3.8) is 0 Å². The molecule has 0 saturated heterocycles. The number of carbonyl (C=O) groups is 1. The standard InChI is InChI=1S/C12H15Br2NO3/c1-7(11(17)18-12(2,3)4)15-6-8(13)5-9(14)10(15)16/h5-7H,1-4H3. The number of carbonyl (C=O) groups excluding carboxylic acids is 1. The van der Waals surface area contributed by atoms with E-state index in [-0.39, 0.29) is 5.56 Å². The first-order valence-electron chi connectivity index (χ1n) is 5.42. The van der Waals surface area contributed by atoms with Crippen LogP contribution in [0.4, 0.5) is 0 Å². The summed E-state index contributed by atoms with van der Waals surface area (Å²) < 4.78 is 7.70. The number of ether oxygens (including phenoxy) is 1. The molecule has 100 valence electrons. The predicted molar refractivity (Wildman–Crippen MR) is 76.7 cm³/mol. The summed E-state index contributed by atoms with van der Waals surface area (Å²) in [6.45, 7) is 7.00. The Kier molecular flexibility index (Phi) is 4.78. The molecule has 0 aromatic carbocycles. The van der Waals surface area contributed by atoms with E-state index in [1.54, 1.807) is 40.0 Å². The summed E-state index contributed by atoms with van der Waals surface area (Å²) in [6, 6.07) is 0.964. The SMILES string of the molecule is CC(C(=O)OC(C)(C)C)n1cc(Br)cc(Br)c1=O. The molecule has 0 fully saturated rings. The number of nitrogens with zero attached hydrogens (tertiary/aromatic N) is 1. The molecule has 1 aromatic heterocycles. The fourth-order valence-corrected chi connectivity index (χ4v) is 2.53. The molecular weight excluding hydrogens is 366 g/mol. The molecule has 1 aromatic rings. The smallest absolute Gasteiger partial charge is 0.329 e. The Morgan fingerprint density at radius 2 is 1.94 bits per heavy atom. The summed E-state index contributed by atoms with van der Waals surface area (Å²) in [5.74, 6) is -0.436. The van der Waals surface area contributed by atoms with Crippen molar-refractivity contribution < 1.29 is 9.53 Å². The minimum absolute atomic E-state index is 0.267. The third-order valence-corrected chi connectivity index (χ3v) is 3.13. The van der Waals surface area contributed by atoms with Gasteiger partial charge in [0.2, 0.25) is 0 Å². The van der Waals surface area contributed by atoms with Crippen LogP contribution in [-0.2, 0) is 9.53 Å². The van der Waals surface area contributed by atoms with Gasteiger partial charge in [0.15, 0.2) is 0 Å². The molecule has 0 N–H and O–H groups in total. The van der Waals surface area contributed by atoms with E-state index >= 15 is 0 Å². The van der Waals surface area contributed by atoms with E-state index in [1.807, 2.05) is 0 Å². The second-order valence-electron chi connectivity index (χ2n) is 4.93. The van der Waals surface area contributed by atoms with Gasteiger partial charge in [-0.3, -0.25) is 9.36 Å². The summed E-state index contributed by atoms with van der Waals surface area (Å²) in [6.07, 6.45) is 1.57. The van der Waals surface area contributed by atoms with Crippen LogP contribution in [-0.4, -0.2) is 16.1 Å². The molecule has 18 heavy (non-hydrogen) atoms. The van der Waals surface area contributed by atoms with Crippen LogP contribution in [0, 0.1) is 0 Å². The van der Waals surface area contributed by atoms with Gasteiger partial charge in [0, 0.05) is 10.7 Å². The highest BCUT2D eigenvalue weighted by atomic mass is 79.9. The zero-order valence-electron chi connectivity index (χ0n) is 10.7. The first-order chi connectivity index (χ1) is 8.11. The number of pyridine rings is 1. The lowest BCUT2D eigenvalue weighted by atomic mass is 10.2. The molecule has 0 aliphatic rings. The van der Waals surface area contributed by atoms with Gasteiger partial charge in [-0.25, -0.2) is 4.79 Å². The first-order valence-corrected chi connectivity index (χ1v) is 7.00. The van der Waals surface area contributed by atoms with Crippen molar-refractivity contribution in [2.45, 2.75) is 39.3 Å². The lowest BCUT2D eigenvalue weighted by molar-refractivity contribution is -0.158. The Labute approximate surface area is 123 Å². The van der Waals surface area contributed by atoms with Gasteiger partial charge < -0.3 is 4.74 Å². The Morgan fingerprint density at radius 3 is 2.44 bits per heavy atom. The second-order valence-corrected chi connectivity index (χ2v) is 6.70. The molecule has 0 aliphatic heterocycles. The number of aromatic nitrogens is 1. The molecule has 0 aliphatic carbocycles. The molecule has 1 atom stereocenters. The van der Waals surface area contributed by atoms with Crippen molar-refractivity contribution in [3.05, 3.63) is 31.6 Å². The van der Waals surface area contributed by atoms with Gasteiger partial charge in [0.05, 0.1) is 4.47 Å². The van der Waals surface area contributed by atoms with Crippen LogP contribution >= 0.6 is 31.9 Å². The highest BCUT2D eigenvalue weighted by molar-refractivity contribution is 9.11. The topological polar surface area (TPSA) is 48.3 Å². The highest BCUT2D eigenvalue weighted by Crippen LogP contribution is 2.18. The van der Waals surface area contributed by atoms with Crippen LogP contribution in [0.1, 0.15) is 33.7 Å². The van der Waals surface area contributed by atoms with Crippen molar-refractivity contribution in [1.29, 1.82) is 0 Å². The molecule has 0 saturated carbocycles. The number of esters is 1. The summed E-state index contributed by atoms with van der Waals surface area (Å²) in [7, 11) is 0. The molecule has 6 heteroatoms. The Morgan fingerprint density at radius 1 is 1.39 bits per heavy atom. The van der Waals surface area contributed by atoms with E-state index < -0.39 is 17.6 Å². The van der Waals surface area contributed by atoms with E-state index in [0.29, 0.717) is 8.95 Å². The minimum Gasteiger partial charge on any atom is -0.458 e. The van der Waals surface area contributed by atoms with Crippen LogP contribution in [0.5, 0.6) is 0 Å². The fourth-order valence-electron chi connectivity index (χ4n) is 1.32. The summed E-state index contributed by atoms with van der Waals surface area (Å²) in [4.78, 5) is 23.8. The number of hydrogen-bond acceptors (Lipinski definition) is 3. The molecular formula is C12H15Br2NO3. The van der Waals surface area contributed by atoms with Gasteiger partial charge >= 0.3 is 5.97 Å². The van der Waals surface area contributed by atoms with Gasteiger partial charge in [0.1, 0.15) is 11.6 Å². The zero-order chi connectivity index (χ0) is 14.1. The van der Waals surface area contributed by atoms with Crippen molar-refractivity contribution >= 4 is 37.8 Å². The van der Waals surface area contributed by atoms with Crippen LogP contribution in [0.25, 0.3) is 0 Å². The van der Waals surface area contributed by atoms with Crippen LogP contribution < -0.4 is 5.56 Å². The quantitative estimate of drug-likeness (QED) is 0.739. The minimum atomic E-state index is -0.675. The van der Waals surface area contributed by atoms with Crippen molar-refractivity contribution in [3.8, 4) is 0 Å². The average molecular weight is 381 g/mol. The molecule has 1 heterocycles. The maximum Gasteiger partial charge on any atom is 0.329 e. The van der Waals surface area contributed by atoms with Crippen LogP contribution in [0.2, 0.25) is 0 Å². The van der Waals surface area contributed by atoms with Crippen molar-refractivity contribution in [1.82, 2.24) is 4.57 Å². The highest BCUT2D eigenvalue weighted by Gasteiger charge is 2.24. The summed E-state index contributed by atoms with van der Waals surface area (Å²) >= 11 is 6.44. The van der Waals surface area contributed by atoms with Crippen molar-refractivity contribution in [2.75, 3.05) is 0 Å². The monoisotopic (exact) mass is 379 g/mol. The Hall–Kier alpha value is -0.620. The number of halogens is 2. The Bertz CT molecular complexity index is 517. The Balaban J connectivity index is 3.08. The van der Waals surface area contributed by atoms with E-state index in [2.05, 4.69) is 31.9 Å². The third kappa shape index (κ3) is 3.95.